The van der Waals surface area contributed by atoms with Gasteiger partial charge in [0.1, 0.15) is 0 Å². The first-order valence-electron chi connectivity index (χ1n) is 8.51. The summed E-state index contributed by atoms with van der Waals surface area (Å²) in [5.41, 5.74) is 4.47. The van der Waals surface area contributed by atoms with Crippen molar-refractivity contribution in [3.8, 4) is 0 Å². The number of rotatable bonds is 4. The standard InChI is InChI=1S/C18H29N3/c1-15(2)13-20-9-11-21(12-10-20)14-16-5-3-7-18-17(16)6-4-8-19-18/h3,5,7,15,19H,4,6,8-14H2,1-2H3. The maximum absolute atomic E-state index is 3.54. The van der Waals surface area contributed by atoms with Gasteiger partial charge in [0.2, 0.25) is 0 Å². The van der Waals surface area contributed by atoms with E-state index in [0.717, 1.165) is 19.0 Å². The molecule has 1 saturated heterocycles. The van der Waals surface area contributed by atoms with Crippen molar-refractivity contribution in [1.82, 2.24) is 9.80 Å². The minimum Gasteiger partial charge on any atom is -0.385 e. The number of nitrogens with zero attached hydrogens (tertiary/aromatic N) is 2. The van der Waals surface area contributed by atoms with E-state index in [9.17, 15) is 0 Å². The van der Waals surface area contributed by atoms with Crippen LogP contribution in [0.4, 0.5) is 5.69 Å². The molecule has 0 unspecified atom stereocenters. The highest BCUT2D eigenvalue weighted by molar-refractivity contribution is 5.56. The molecule has 1 fully saturated rings. The van der Waals surface area contributed by atoms with Gasteiger partial charge in [0.25, 0.3) is 0 Å². The number of hydrogen-bond donors (Lipinski definition) is 1. The number of hydrogen-bond acceptors (Lipinski definition) is 3. The van der Waals surface area contributed by atoms with E-state index in [0.29, 0.717) is 0 Å². The lowest BCUT2D eigenvalue weighted by Gasteiger charge is -2.36. The van der Waals surface area contributed by atoms with Gasteiger partial charge in [-0.3, -0.25) is 4.90 Å². The molecule has 0 bridgehead atoms. The van der Waals surface area contributed by atoms with Crippen molar-refractivity contribution in [2.24, 2.45) is 5.92 Å². The molecule has 0 spiro atoms. The highest BCUT2D eigenvalue weighted by Crippen LogP contribution is 2.26. The third kappa shape index (κ3) is 3.78. The van der Waals surface area contributed by atoms with Gasteiger partial charge in [0.05, 0.1) is 0 Å². The fourth-order valence-corrected chi connectivity index (χ4v) is 3.62. The summed E-state index contributed by atoms with van der Waals surface area (Å²) in [4.78, 5) is 5.24. The lowest BCUT2D eigenvalue weighted by molar-refractivity contribution is 0.117. The normalized spacial score (nSPS) is 20.3. The van der Waals surface area contributed by atoms with Crippen molar-refractivity contribution in [2.45, 2.75) is 33.2 Å². The lowest BCUT2D eigenvalue weighted by atomic mass is 9.97. The number of nitrogens with one attached hydrogen (secondary N) is 1. The molecule has 2 heterocycles. The van der Waals surface area contributed by atoms with E-state index < -0.39 is 0 Å². The third-order valence-electron chi connectivity index (χ3n) is 4.67. The van der Waals surface area contributed by atoms with Gasteiger partial charge in [-0.2, -0.15) is 0 Å². The minimum atomic E-state index is 0.781. The lowest BCUT2D eigenvalue weighted by Crippen LogP contribution is -2.47. The van der Waals surface area contributed by atoms with Gasteiger partial charge in [-0.25, -0.2) is 0 Å². The number of benzene rings is 1. The van der Waals surface area contributed by atoms with Crippen molar-refractivity contribution in [3.63, 3.8) is 0 Å². The van der Waals surface area contributed by atoms with E-state index >= 15 is 0 Å². The summed E-state index contributed by atoms with van der Waals surface area (Å²) in [5, 5.41) is 3.54. The quantitative estimate of drug-likeness (QED) is 0.918. The summed E-state index contributed by atoms with van der Waals surface area (Å²) in [5.74, 6) is 0.781. The Bertz CT molecular complexity index is 462. The summed E-state index contributed by atoms with van der Waals surface area (Å²) < 4.78 is 0. The van der Waals surface area contributed by atoms with Crippen LogP contribution in [0.3, 0.4) is 0 Å². The molecular weight excluding hydrogens is 258 g/mol. The molecule has 2 aliphatic rings. The molecular formula is C18H29N3. The van der Waals surface area contributed by atoms with Crippen LogP contribution in [-0.4, -0.2) is 49.1 Å². The second kappa shape index (κ2) is 6.80. The van der Waals surface area contributed by atoms with Crippen molar-refractivity contribution in [1.29, 1.82) is 0 Å². The topological polar surface area (TPSA) is 18.5 Å². The Kier molecular flexibility index (Phi) is 4.81. The zero-order chi connectivity index (χ0) is 14.7. The number of anilines is 1. The molecule has 1 aromatic rings. The third-order valence-corrected chi connectivity index (χ3v) is 4.67. The molecule has 0 saturated carbocycles. The summed E-state index contributed by atoms with van der Waals surface area (Å²) in [6.07, 6.45) is 2.51. The van der Waals surface area contributed by atoms with E-state index in [1.807, 2.05) is 0 Å². The second-order valence-electron chi connectivity index (χ2n) is 6.94. The van der Waals surface area contributed by atoms with Crippen molar-refractivity contribution in [2.75, 3.05) is 44.6 Å². The highest BCUT2D eigenvalue weighted by Gasteiger charge is 2.19. The molecule has 0 amide bonds. The first-order valence-corrected chi connectivity index (χ1v) is 8.51. The van der Waals surface area contributed by atoms with Gasteiger partial charge in [-0.05, 0) is 36.0 Å². The predicted octanol–water partition coefficient (Wildman–Crippen LogP) is 2.82. The van der Waals surface area contributed by atoms with Crippen LogP contribution in [0.2, 0.25) is 0 Å². The predicted molar refractivity (Wildman–Crippen MR) is 89.8 cm³/mol. The molecule has 2 aliphatic heterocycles. The van der Waals surface area contributed by atoms with Gasteiger partial charge in [-0.1, -0.05) is 26.0 Å². The molecule has 1 N–H and O–H groups in total. The summed E-state index contributed by atoms with van der Waals surface area (Å²) in [7, 11) is 0. The maximum Gasteiger partial charge on any atom is 0.0375 e. The molecule has 0 aromatic heterocycles. The maximum atomic E-state index is 3.54. The average molecular weight is 287 g/mol. The minimum absolute atomic E-state index is 0.781. The molecule has 3 heteroatoms. The van der Waals surface area contributed by atoms with Crippen molar-refractivity contribution >= 4 is 5.69 Å². The fourth-order valence-electron chi connectivity index (χ4n) is 3.62. The largest absolute Gasteiger partial charge is 0.385 e. The SMILES string of the molecule is CC(C)CN1CCN(Cc2cccc3c2CCCN3)CC1. The number of piperazine rings is 1. The van der Waals surface area contributed by atoms with E-state index in [-0.39, 0.29) is 0 Å². The first kappa shape index (κ1) is 14.9. The van der Waals surface area contributed by atoms with Crippen LogP contribution in [0.5, 0.6) is 0 Å². The fraction of sp³-hybridized carbons (Fsp3) is 0.667. The molecule has 0 atom stereocenters. The van der Waals surface area contributed by atoms with Gasteiger partial charge in [-0.15, -0.1) is 0 Å². The van der Waals surface area contributed by atoms with Gasteiger partial charge >= 0.3 is 0 Å². The average Bonchev–Trinajstić information content (AvgIpc) is 2.49. The van der Waals surface area contributed by atoms with Crippen LogP contribution >= 0.6 is 0 Å². The molecule has 1 aromatic carbocycles. The Morgan fingerprint density at radius 2 is 1.86 bits per heavy atom. The van der Waals surface area contributed by atoms with Crippen LogP contribution in [0, 0.1) is 5.92 Å². The van der Waals surface area contributed by atoms with Gasteiger partial charge < -0.3 is 10.2 Å². The second-order valence-corrected chi connectivity index (χ2v) is 6.94. The van der Waals surface area contributed by atoms with Crippen LogP contribution in [0.15, 0.2) is 18.2 Å². The van der Waals surface area contributed by atoms with Crippen LogP contribution in [0.1, 0.15) is 31.4 Å². The molecule has 3 rings (SSSR count). The molecule has 0 aliphatic carbocycles. The Morgan fingerprint density at radius 1 is 1.10 bits per heavy atom. The molecule has 21 heavy (non-hydrogen) atoms. The van der Waals surface area contributed by atoms with Crippen LogP contribution in [0.25, 0.3) is 0 Å². The van der Waals surface area contributed by atoms with E-state index in [4.69, 9.17) is 0 Å². The van der Waals surface area contributed by atoms with E-state index in [1.165, 1.54) is 56.8 Å². The zero-order valence-corrected chi connectivity index (χ0v) is 13.6. The Balaban J connectivity index is 1.58. The summed E-state index contributed by atoms with van der Waals surface area (Å²) in [6, 6.07) is 6.77. The molecule has 3 nitrogen and oxygen atoms in total. The number of fused-ring (bicyclic) bond motifs is 1. The highest BCUT2D eigenvalue weighted by atomic mass is 15.3. The first-order chi connectivity index (χ1) is 10.2. The van der Waals surface area contributed by atoms with Crippen LogP contribution in [-0.2, 0) is 13.0 Å². The Hall–Kier alpha value is -1.06. The van der Waals surface area contributed by atoms with Gasteiger partial charge in [0.15, 0.2) is 0 Å². The monoisotopic (exact) mass is 287 g/mol. The van der Waals surface area contributed by atoms with E-state index in [1.54, 1.807) is 5.56 Å². The van der Waals surface area contributed by atoms with Crippen molar-refractivity contribution in [3.05, 3.63) is 29.3 Å². The molecule has 0 radical (unpaired) electrons. The van der Waals surface area contributed by atoms with Gasteiger partial charge in [0, 0.05) is 51.5 Å². The Morgan fingerprint density at radius 3 is 2.62 bits per heavy atom. The van der Waals surface area contributed by atoms with E-state index in [2.05, 4.69) is 47.2 Å². The summed E-state index contributed by atoms with van der Waals surface area (Å²) in [6.45, 7) is 13.0. The Labute approximate surface area is 129 Å². The van der Waals surface area contributed by atoms with Crippen molar-refractivity contribution < 1.29 is 0 Å². The smallest absolute Gasteiger partial charge is 0.0375 e. The zero-order valence-electron chi connectivity index (χ0n) is 13.6. The molecule has 116 valence electrons. The van der Waals surface area contributed by atoms with Crippen LogP contribution < -0.4 is 5.32 Å². The summed E-state index contributed by atoms with van der Waals surface area (Å²) >= 11 is 0.